The Hall–Kier alpha value is -2.19. The van der Waals surface area contributed by atoms with Gasteiger partial charge < -0.3 is 9.42 Å². The van der Waals surface area contributed by atoms with E-state index >= 15 is 0 Å². The van der Waals surface area contributed by atoms with Gasteiger partial charge >= 0.3 is 0 Å². The molecular formula is C17H21N3O4S. The monoisotopic (exact) mass is 363 g/mol. The highest BCUT2D eigenvalue weighted by Crippen LogP contribution is 2.19. The second kappa shape index (κ2) is 6.97. The fraction of sp³-hybridized carbons (Fsp3) is 0.412. The fourth-order valence-corrected chi connectivity index (χ4v) is 4.37. The summed E-state index contributed by atoms with van der Waals surface area (Å²) in [5.41, 5.74) is 1.62. The van der Waals surface area contributed by atoms with Gasteiger partial charge in [-0.2, -0.15) is 0 Å². The van der Waals surface area contributed by atoms with Crippen molar-refractivity contribution in [2.24, 2.45) is 0 Å². The SMILES string of the molecule is Cc1noc(C)c1S(=O)(=O)NCc1cccc(C(=O)N2CCCC2)c1. The first-order chi connectivity index (χ1) is 11.9. The number of amides is 1. The van der Waals surface area contributed by atoms with E-state index in [4.69, 9.17) is 4.52 Å². The number of nitrogens with zero attached hydrogens (tertiary/aromatic N) is 2. The predicted molar refractivity (Wildman–Crippen MR) is 91.6 cm³/mol. The molecule has 2 heterocycles. The maximum atomic E-state index is 12.4. The normalized spacial score (nSPS) is 14.9. The Labute approximate surface area is 147 Å². The van der Waals surface area contributed by atoms with Gasteiger partial charge in [0, 0.05) is 25.2 Å². The number of likely N-dealkylation sites (tertiary alicyclic amines) is 1. The summed E-state index contributed by atoms with van der Waals surface area (Å²) in [7, 11) is -3.73. The Morgan fingerprint density at radius 1 is 1.28 bits per heavy atom. The average molecular weight is 363 g/mol. The summed E-state index contributed by atoms with van der Waals surface area (Å²) >= 11 is 0. The third kappa shape index (κ3) is 3.74. The van der Waals surface area contributed by atoms with Crippen LogP contribution in [0.1, 0.15) is 40.2 Å². The largest absolute Gasteiger partial charge is 0.360 e. The van der Waals surface area contributed by atoms with Crippen molar-refractivity contribution < 1.29 is 17.7 Å². The van der Waals surface area contributed by atoms with Crippen LogP contribution in [0, 0.1) is 13.8 Å². The van der Waals surface area contributed by atoms with Crippen LogP contribution in [0.25, 0.3) is 0 Å². The maximum absolute atomic E-state index is 12.4. The topological polar surface area (TPSA) is 92.5 Å². The van der Waals surface area contributed by atoms with Crippen molar-refractivity contribution in [2.45, 2.75) is 38.1 Å². The first-order valence-electron chi connectivity index (χ1n) is 8.19. The Morgan fingerprint density at radius 3 is 2.64 bits per heavy atom. The van der Waals surface area contributed by atoms with Gasteiger partial charge in [0.1, 0.15) is 10.6 Å². The Balaban J connectivity index is 1.73. The predicted octanol–water partition coefficient (Wildman–Crippen LogP) is 2.01. The third-order valence-electron chi connectivity index (χ3n) is 4.27. The molecular weight excluding hydrogens is 342 g/mol. The summed E-state index contributed by atoms with van der Waals surface area (Å²) in [6.07, 6.45) is 2.06. The van der Waals surface area contributed by atoms with Crippen molar-refractivity contribution in [1.82, 2.24) is 14.8 Å². The van der Waals surface area contributed by atoms with Crippen LogP contribution in [0.2, 0.25) is 0 Å². The zero-order chi connectivity index (χ0) is 18.0. The Kier molecular flexibility index (Phi) is 4.91. The van der Waals surface area contributed by atoms with E-state index in [0.29, 0.717) is 11.3 Å². The van der Waals surface area contributed by atoms with Crippen molar-refractivity contribution in [3.63, 3.8) is 0 Å². The summed E-state index contributed by atoms with van der Waals surface area (Å²) in [5, 5.41) is 3.67. The fourth-order valence-electron chi connectivity index (χ4n) is 3.03. The van der Waals surface area contributed by atoms with E-state index in [-0.39, 0.29) is 23.1 Å². The number of hydrogen-bond acceptors (Lipinski definition) is 5. The lowest BCUT2D eigenvalue weighted by molar-refractivity contribution is 0.0792. The number of sulfonamides is 1. The summed E-state index contributed by atoms with van der Waals surface area (Å²) in [6, 6.07) is 7.04. The van der Waals surface area contributed by atoms with Crippen LogP contribution >= 0.6 is 0 Å². The van der Waals surface area contributed by atoms with Crippen LogP contribution in [-0.2, 0) is 16.6 Å². The van der Waals surface area contributed by atoms with Gasteiger partial charge in [0.2, 0.25) is 10.0 Å². The lowest BCUT2D eigenvalue weighted by atomic mass is 10.1. The first kappa shape index (κ1) is 17.6. The highest BCUT2D eigenvalue weighted by Gasteiger charge is 2.24. The molecule has 1 aromatic heterocycles. The van der Waals surface area contributed by atoms with Crippen molar-refractivity contribution in [3.8, 4) is 0 Å². The van der Waals surface area contributed by atoms with Crippen LogP contribution < -0.4 is 4.72 Å². The van der Waals surface area contributed by atoms with E-state index in [1.54, 1.807) is 38.1 Å². The second-order valence-corrected chi connectivity index (χ2v) is 7.88. The van der Waals surface area contributed by atoms with Crippen LogP contribution in [0.5, 0.6) is 0 Å². The lowest BCUT2D eigenvalue weighted by Crippen LogP contribution is -2.28. The first-order valence-corrected chi connectivity index (χ1v) is 9.67. The molecule has 1 amide bonds. The van der Waals surface area contributed by atoms with Crippen LogP contribution in [0.4, 0.5) is 0 Å². The molecule has 0 atom stereocenters. The molecule has 1 aliphatic rings. The smallest absolute Gasteiger partial charge is 0.253 e. The van der Waals surface area contributed by atoms with E-state index in [2.05, 4.69) is 9.88 Å². The minimum atomic E-state index is -3.73. The molecule has 0 radical (unpaired) electrons. The minimum Gasteiger partial charge on any atom is -0.360 e. The van der Waals surface area contributed by atoms with Gasteiger partial charge in [0.15, 0.2) is 5.76 Å². The molecule has 2 aromatic rings. The summed E-state index contributed by atoms with van der Waals surface area (Å²) in [6.45, 7) is 4.79. The molecule has 25 heavy (non-hydrogen) atoms. The summed E-state index contributed by atoms with van der Waals surface area (Å²) < 4.78 is 32.4. The third-order valence-corrected chi connectivity index (χ3v) is 5.91. The molecule has 1 saturated heterocycles. The maximum Gasteiger partial charge on any atom is 0.253 e. The molecule has 0 spiro atoms. The van der Waals surface area contributed by atoms with E-state index in [1.165, 1.54) is 0 Å². The molecule has 1 fully saturated rings. The lowest BCUT2D eigenvalue weighted by Gasteiger charge is -2.15. The van der Waals surface area contributed by atoms with Gasteiger partial charge in [-0.3, -0.25) is 4.79 Å². The standard InChI is InChI=1S/C17H21N3O4S/c1-12-16(13(2)24-19-12)25(22,23)18-11-14-6-5-7-15(10-14)17(21)20-8-3-4-9-20/h5-7,10,18H,3-4,8-9,11H2,1-2H3. The average Bonchev–Trinajstić information content (AvgIpc) is 3.23. The van der Waals surface area contributed by atoms with Gasteiger partial charge in [-0.25, -0.2) is 13.1 Å². The van der Waals surface area contributed by atoms with Gasteiger partial charge in [-0.05, 0) is 44.4 Å². The van der Waals surface area contributed by atoms with Gasteiger partial charge in [0.05, 0.1) is 0 Å². The minimum absolute atomic E-state index is 0.00655. The number of benzene rings is 1. The van der Waals surface area contributed by atoms with Crippen molar-refractivity contribution in [3.05, 3.63) is 46.8 Å². The number of rotatable bonds is 5. The van der Waals surface area contributed by atoms with Crippen molar-refractivity contribution >= 4 is 15.9 Å². The van der Waals surface area contributed by atoms with Gasteiger partial charge in [0.25, 0.3) is 5.91 Å². The molecule has 134 valence electrons. The number of aryl methyl sites for hydroxylation is 2. The second-order valence-electron chi connectivity index (χ2n) is 6.18. The molecule has 0 unspecified atom stereocenters. The van der Waals surface area contributed by atoms with E-state index in [1.807, 2.05) is 4.90 Å². The van der Waals surface area contributed by atoms with Gasteiger partial charge in [-0.1, -0.05) is 17.3 Å². The molecule has 1 aliphatic heterocycles. The molecule has 0 bridgehead atoms. The zero-order valence-electron chi connectivity index (χ0n) is 14.3. The van der Waals surface area contributed by atoms with E-state index < -0.39 is 10.0 Å². The van der Waals surface area contributed by atoms with E-state index in [9.17, 15) is 13.2 Å². The number of nitrogens with one attached hydrogen (secondary N) is 1. The highest BCUT2D eigenvalue weighted by atomic mass is 32.2. The Morgan fingerprint density at radius 2 is 2.00 bits per heavy atom. The summed E-state index contributed by atoms with van der Waals surface area (Å²) in [5.74, 6) is 0.246. The van der Waals surface area contributed by atoms with Crippen molar-refractivity contribution in [1.29, 1.82) is 0 Å². The highest BCUT2D eigenvalue weighted by molar-refractivity contribution is 7.89. The molecule has 3 rings (SSSR count). The summed E-state index contributed by atoms with van der Waals surface area (Å²) in [4.78, 5) is 14.3. The van der Waals surface area contributed by atoms with E-state index in [0.717, 1.165) is 31.5 Å². The van der Waals surface area contributed by atoms with Gasteiger partial charge in [-0.15, -0.1) is 0 Å². The Bertz CT molecular complexity index is 864. The van der Waals surface area contributed by atoms with Crippen LogP contribution in [-0.4, -0.2) is 37.5 Å². The zero-order valence-corrected chi connectivity index (χ0v) is 15.1. The quantitative estimate of drug-likeness (QED) is 0.877. The van der Waals surface area contributed by atoms with Crippen LogP contribution in [0.3, 0.4) is 0 Å². The number of hydrogen-bond donors (Lipinski definition) is 1. The number of carbonyl (C=O) groups is 1. The number of aromatic nitrogens is 1. The molecule has 7 nitrogen and oxygen atoms in total. The van der Waals surface area contributed by atoms with Crippen molar-refractivity contribution in [2.75, 3.05) is 13.1 Å². The molecule has 1 aromatic carbocycles. The molecule has 1 N–H and O–H groups in total. The molecule has 0 saturated carbocycles. The molecule has 8 heteroatoms. The van der Waals surface area contributed by atoms with Crippen LogP contribution in [0.15, 0.2) is 33.7 Å². The molecule has 0 aliphatic carbocycles. The number of carbonyl (C=O) groups excluding carboxylic acids is 1.